The lowest BCUT2D eigenvalue weighted by molar-refractivity contribution is -0.123. The summed E-state index contributed by atoms with van der Waals surface area (Å²) in [7, 11) is 0. The standard InChI is InChI=1S/C15H30N2O/c1-14(2,3)9-10-17-13(18)11-15(12-16)7-5-4-6-8-15/h4-12,16H2,1-3H3,(H,17,18). The third-order valence-corrected chi connectivity index (χ3v) is 4.08. The Bertz CT molecular complexity index is 262. The lowest BCUT2D eigenvalue weighted by Crippen LogP contribution is -2.39. The summed E-state index contributed by atoms with van der Waals surface area (Å²) in [6.45, 7) is 8.02. The van der Waals surface area contributed by atoms with Crippen LogP contribution in [0, 0.1) is 10.8 Å². The Kier molecular flexibility index (Phi) is 5.64. The van der Waals surface area contributed by atoms with Crippen LogP contribution in [-0.2, 0) is 4.79 Å². The highest BCUT2D eigenvalue weighted by Crippen LogP contribution is 2.38. The van der Waals surface area contributed by atoms with Crippen LogP contribution >= 0.6 is 0 Å². The van der Waals surface area contributed by atoms with E-state index >= 15 is 0 Å². The summed E-state index contributed by atoms with van der Waals surface area (Å²) in [4.78, 5) is 12.0. The van der Waals surface area contributed by atoms with Crippen molar-refractivity contribution in [2.75, 3.05) is 13.1 Å². The van der Waals surface area contributed by atoms with Gasteiger partial charge in [-0.25, -0.2) is 0 Å². The van der Waals surface area contributed by atoms with E-state index in [1.165, 1.54) is 19.3 Å². The predicted octanol–water partition coefficient (Wildman–Crippen LogP) is 2.84. The number of nitrogens with one attached hydrogen (secondary N) is 1. The molecule has 3 N–H and O–H groups in total. The number of hydrogen-bond acceptors (Lipinski definition) is 2. The fourth-order valence-corrected chi connectivity index (χ4v) is 2.73. The van der Waals surface area contributed by atoms with Crippen molar-refractivity contribution < 1.29 is 4.79 Å². The van der Waals surface area contributed by atoms with E-state index in [0.29, 0.717) is 13.0 Å². The lowest BCUT2D eigenvalue weighted by atomic mass is 9.71. The van der Waals surface area contributed by atoms with Crippen LogP contribution in [0.15, 0.2) is 0 Å². The SMILES string of the molecule is CC(C)(C)CCNC(=O)CC1(CN)CCCCC1. The highest BCUT2D eigenvalue weighted by molar-refractivity contribution is 5.76. The number of rotatable bonds is 5. The molecule has 18 heavy (non-hydrogen) atoms. The van der Waals surface area contributed by atoms with Crippen molar-refractivity contribution in [3.8, 4) is 0 Å². The van der Waals surface area contributed by atoms with Crippen molar-refractivity contribution in [2.45, 2.75) is 65.7 Å². The second-order valence-corrected chi connectivity index (χ2v) is 7.10. The molecule has 0 aromatic rings. The van der Waals surface area contributed by atoms with Crippen molar-refractivity contribution in [2.24, 2.45) is 16.6 Å². The zero-order valence-electron chi connectivity index (χ0n) is 12.3. The molecule has 1 rings (SSSR count). The van der Waals surface area contributed by atoms with Gasteiger partial charge in [0.05, 0.1) is 0 Å². The smallest absolute Gasteiger partial charge is 0.220 e. The quantitative estimate of drug-likeness (QED) is 0.792. The molecule has 0 atom stereocenters. The van der Waals surface area contributed by atoms with Crippen LogP contribution in [0.2, 0.25) is 0 Å². The molecule has 0 radical (unpaired) electrons. The minimum absolute atomic E-state index is 0.0874. The van der Waals surface area contributed by atoms with E-state index in [9.17, 15) is 4.79 Å². The molecule has 0 bridgehead atoms. The lowest BCUT2D eigenvalue weighted by Gasteiger charge is -2.35. The van der Waals surface area contributed by atoms with Gasteiger partial charge >= 0.3 is 0 Å². The van der Waals surface area contributed by atoms with E-state index in [1.807, 2.05) is 0 Å². The summed E-state index contributed by atoms with van der Waals surface area (Å²) in [6, 6.07) is 0. The number of carbonyl (C=O) groups excluding carboxylic acids is 1. The molecule has 3 nitrogen and oxygen atoms in total. The highest BCUT2D eigenvalue weighted by atomic mass is 16.1. The summed E-state index contributed by atoms with van der Waals surface area (Å²) in [6.07, 6.45) is 7.64. The van der Waals surface area contributed by atoms with Crippen molar-refractivity contribution in [3.05, 3.63) is 0 Å². The van der Waals surface area contributed by atoms with E-state index < -0.39 is 0 Å². The molecule has 0 unspecified atom stereocenters. The minimum Gasteiger partial charge on any atom is -0.356 e. The average molecular weight is 254 g/mol. The molecule has 0 heterocycles. The van der Waals surface area contributed by atoms with Gasteiger partial charge < -0.3 is 11.1 Å². The first-order valence-corrected chi connectivity index (χ1v) is 7.34. The molecule has 0 aliphatic heterocycles. The average Bonchev–Trinajstić information content (AvgIpc) is 2.28. The Morgan fingerprint density at radius 3 is 2.33 bits per heavy atom. The van der Waals surface area contributed by atoms with Gasteiger partial charge in [-0.05, 0) is 36.6 Å². The van der Waals surface area contributed by atoms with Crippen LogP contribution in [0.5, 0.6) is 0 Å². The topological polar surface area (TPSA) is 55.1 Å². The molecule has 0 aromatic carbocycles. The van der Waals surface area contributed by atoms with Crippen molar-refractivity contribution in [1.82, 2.24) is 5.32 Å². The van der Waals surface area contributed by atoms with Crippen molar-refractivity contribution in [3.63, 3.8) is 0 Å². The zero-order chi connectivity index (χ0) is 13.6. The number of nitrogens with two attached hydrogens (primary N) is 1. The predicted molar refractivity (Wildman–Crippen MR) is 76.3 cm³/mol. The largest absolute Gasteiger partial charge is 0.356 e. The van der Waals surface area contributed by atoms with Gasteiger partial charge in [-0.2, -0.15) is 0 Å². The van der Waals surface area contributed by atoms with E-state index in [0.717, 1.165) is 25.8 Å². The van der Waals surface area contributed by atoms with Gasteiger partial charge in [-0.15, -0.1) is 0 Å². The van der Waals surface area contributed by atoms with Gasteiger partial charge in [0.15, 0.2) is 0 Å². The van der Waals surface area contributed by atoms with Gasteiger partial charge in [0.1, 0.15) is 0 Å². The second kappa shape index (κ2) is 6.55. The van der Waals surface area contributed by atoms with Gasteiger partial charge in [-0.3, -0.25) is 4.79 Å². The molecule has 0 saturated heterocycles. The third-order valence-electron chi connectivity index (χ3n) is 4.08. The maximum absolute atomic E-state index is 12.0. The highest BCUT2D eigenvalue weighted by Gasteiger charge is 2.32. The van der Waals surface area contributed by atoms with Crippen molar-refractivity contribution in [1.29, 1.82) is 0 Å². The van der Waals surface area contributed by atoms with E-state index in [2.05, 4.69) is 26.1 Å². The van der Waals surface area contributed by atoms with Crippen LogP contribution in [-0.4, -0.2) is 19.0 Å². The third kappa shape index (κ3) is 5.38. The van der Waals surface area contributed by atoms with Crippen molar-refractivity contribution >= 4 is 5.91 Å². The molecule has 1 aliphatic carbocycles. The van der Waals surface area contributed by atoms with Crippen LogP contribution in [0.3, 0.4) is 0 Å². The summed E-state index contributed by atoms with van der Waals surface area (Å²) < 4.78 is 0. The fraction of sp³-hybridized carbons (Fsp3) is 0.933. The number of amides is 1. The number of carbonyl (C=O) groups is 1. The summed E-state index contributed by atoms with van der Waals surface area (Å²) >= 11 is 0. The van der Waals surface area contributed by atoms with Crippen LogP contribution in [0.1, 0.15) is 65.7 Å². The summed E-state index contributed by atoms with van der Waals surface area (Å²) in [5.41, 5.74) is 6.27. The minimum atomic E-state index is 0.0874. The Labute approximate surface area is 112 Å². The molecule has 1 aliphatic rings. The second-order valence-electron chi connectivity index (χ2n) is 7.10. The molecule has 106 valence electrons. The summed E-state index contributed by atoms with van der Waals surface area (Å²) in [5, 5.41) is 3.05. The molecule has 1 saturated carbocycles. The normalized spacial score (nSPS) is 19.6. The molecular weight excluding hydrogens is 224 g/mol. The first-order valence-electron chi connectivity index (χ1n) is 7.34. The van der Waals surface area contributed by atoms with Gasteiger partial charge in [0.25, 0.3) is 0 Å². The fourth-order valence-electron chi connectivity index (χ4n) is 2.73. The van der Waals surface area contributed by atoms with Gasteiger partial charge in [0.2, 0.25) is 5.91 Å². The molecule has 0 aromatic heterocycles. The van der Waals surface area contributed by atoms with E-state index in [-0.39, 0.29) is 16.7 Å². The molecule has 3 heteroatoms. The Morgan fingerprint density at radius 1 is 1.22 bits per heavy atom. The van der Waals surface area contributed by atoms with Crippen LogP contribution in [0.4, 0.5) is 0 Å². The zero-order valence-corrected chi connectivity index (χ0v) is 12.3. The Morgan fingerprint density at radius 2 is 1.83 bits per heavy atom. The first-order chi connectivity index (χ1) is 8.37. The molecule has 1 amide bonds. The molecular formula is C15H30N2O. The maximum Gasteiger partial charge on any atom is 0.220 e. The first kappa shape index (κ1) is 15.5. The van der Waals surface area contributed by atoms with E-state index in [1.54, 1.807) is 0 Å². The number of hydrogen-bond donors (Lipinski definition) is 2. The monoisotopic (exact) mass is 254 g/mol. The Balaban J connectivity index is 2.33. The molecule has 1 fully saturated rings. The Hall–Kier alpha value is -0.570. The van der Waals surface area contributed by atoms with Gasteiger partial charge in [-0.1, -0.05) is 40.0 Å². The van der Waals surface area contributed by atoms with Crippen LogP contribution in [0.25, 0.3) is 0 Å². The maximum atomic E-state index is 12.0. The van der Waals surface area contributed by atoms with Crippen LogP contribution < -0.4 is 11.1 Å². The van der Waals surface area contributed by atoms with Gasteiger partial charge in [0, 0.05) is 13.0 Å². The summed E-state index contributed by atoms with van der Waals surface area (Å²) in [5.74, 6) is 0.187. The molecule has 0 spiro atoms. The van der Waals surface area contributed by atoms with E-state index in [4.69, 9.17) is 5.73 Å².